The molecule has 1 aliphatic rings. The highest BCUT2D eigenvalue weighted by atomic mass is 32.1. The Morgan fingerprint density at radius 3 is 2.32 bits per heavy atom. The van der Waals surface area contributed by atoms with Gasteiger partial charge in [0.2, 0.25) is 0 Å². The molecule has 172 valence electrons. The summed E-state index contributed by atoms with van der Waals surface area (Å²) in [7, 11) is 1.66. The number of aromatic hydroxyl groups is 1. The number of nitrogens with one attached hydrogen (secondary N) is 1. The number of ether oxygens (including phenoxy) is 1. The molecule has 4 aromatic rings. The minimum atomic E-state index is -0.121. The van der Waals surface area contributed by atoms with Crippen molar-refractivity contribution in [3.8, 4) is 17.2 Å². The van der Waals surface area contributed by atoms with Gasteiger partial charge in [0.05, 0.1) is 24.9 Å². The number of rotatable bonds is 5. The molecule has 2 aromatic heterocycles. The summed E-state index contributed by atoms with van der Waals surface area (Å²) < 4.78 is 7.56. The molecule has 0 radical (unpaired) electrons. The van der Waals surface area contributed by atoms with Crippen molar-refractivity contribution in [1.82, 2.24) is 14.9 Å². The van der Waals surface area contributed by atoms with Gasteiger partial charge in [0.25, 0.3) is 0 Å². The number of aromatic nitrogens is 2. The second kappa shape index (κ2) is 8.83. The summed E-state index contributed by atoms with van der Waals surface area (Å²) in [5.74, 6) is 1.04. The lowest BCUT2D eigenvalue weighted by Gasteiger charge is -2.28. The van der Waals surface area contributed by atoms with Crippen LogP contribution >= 0.6 is 12.2 Å². The summed E-state index contributed by atoms with van der Waals surface area (Å²) in [6.45, 7) is 4.22. The molecule has 2 atom stereocenters. The zero-order chi connectivity index (χ0) is 23.8. The lowest BCUT2D eigenvalue weighted by Crippen LogP contribution is -2.29. The maximum absolute atomic E-state index is 9.75. The number of nitrogens with zero attached hydrogens (tertiary/aromatic N) is 3. The van der Waals surface area contributed by atoms with E-state index in [1.807, 2.05) is 60.8 Å². The van der Waals surface area contributed by atoms with E-state index < -0.39 is 0 Å². The normalized spacial score (nSPS) is 17.6. The van der Waals surface area contributed by atoms with Crippen molar-refractivity contribution in [3.05, 3.63) is 102 Å². The quantitative estimate of drug-likeness (QED) is 0.382. The van der Waals surface area contributed by atoms with E-state index in [9.17, 15) is 5.11 Å². The number of methoxy groups -OCH3 is 1. The molecular formula is C27H26N4O2S. The van der Waals surface area contributed by atoms with Gasteiger partial charge in [-0.1, -0.05) is 6.07 Å². The number of phenolic OH excluding ortho intramolecular Hbond substituents is 1. The third kappa shape index (κ3) is 3.78. The minimum absolute atomic E-state index is 0.104. The number of pyridine rings is 1. The topological polar surface area (TPSA) is 62.5 Å². The fourth-order valence-corrected chi connectivity index (χ4v) is 5.12. The Morgan fingerprint density at radius 2 is 1.68 bits per heavy atom. The number of benzene rings is 2. The SMILES string of the molecule is COc1ccc(N2C(=S)N[C@@H](c3ccccn3)[C@H]2c2cc(C)n(-c3ccc(O)cc3)c2C)cc1. The highest BCUT2D eigenvalue weighted by Crippen LogP contribution is 2.44. The van der Waals surface area contributed by atoms with Crippen LogP contribution in [0.5, 0.6) is 11.5 Å². The van der Waals surface area contributed by atoms with Gasteiger partial charge in [0.1, 0.15) is 11.5 Å². The molecule has 3 heterocycles. The van der Waals surface area contributed by atoms with Gasteiger partial charge in [-0.15, -0.1) is 0 Å². The van der Waals surface area contributed by atoms with Crippen LogP contribution in [0.3, 0.4) is 0 Å². The molecule has 34 heavy (non-hydrogen) atoms. The zero-order valence-corrected chi connectivity index (χ0v) is 20.1. The van der Waals surface area contributed by atoms with Gasteiger partial charge < -0.3 is 24.6 Å². The Bertz CT molecular complexity index is 1320. The van der Waals surface area contributed by atoms with Crippen molar-refractivity contribution in [3.63, 3.8) is 0 Å². The summed E-state index contributed by atoms with van der Waals surface area (Å²) in [6, 6.07) is 23.2. The van der Waals surface area contributed by atoms with Crippen molar-refractivity contribution < 1.29 is 9.84 Å². The Hall–Kier alpha value is -3.84. The first-order chi connectivity index (χ1) is 16.5. The van der Waals surface area contributed by atoms with Gasteiger partial charge in [-0.2, -0.15) is 0 Å². The Morgan fingerprint density at radius 1 is 0.971 bits per heavy atom. The molecule has 1 fully saturated rings. The molecule has 2 N–H and O–H groups in total. The van der Waals surface area contributed by atoms with Crippen LogP contribution in [0.4, 0.5) is 5.69 Å². The summed E-state index contributed by atoms with van der Waals surface area (Å²) in [4.78, 5) is 6.81. The molecule has 7 heteroatoms. The Kier molecular flexibility index (Phi) is 5.71. The molecule has 0 aliphatic carbocycles. The predicted molar refractivity (Wildman–Crippen MR) is 138 cm³/mol. The largest absolute Gasteiger partial charge is 0.508 e. The fraction of sp³-hybridized carbons (Fsp3) is 0.185. The van der Waals surface area contributed by atoms with E-state index in [1.165, 1.54) is 0 Å². The Labute approximate surface area is 204 Å². The second-order valence-corrected chi connectivity index (χ2v) is 8.76. The number of hydrogen-bond acceptors (Lipinski definition) is 4. The molecule has 0 bridgehead atoms. The third-order valence-electron chi connectivity index (χ3n) is 6.35. The lowest BCUT2D eigenvalue weighted by molar-refractivity contribution is 0.415. The molecule has 5 rings (SSSR count). The summed E-state index contributed by atoms with van der Waals surface area (Å²) in [6.07, 6.45) is 1.81. The van der Waals surface area contributed by atoms with Gasteiger partial charge in [0, 0.05) is 29.0 Å². The van der Waals surface area contributed by atoms with Crippen LogP contribution in [0.15, 0.2) is 79.0 Å². The molecule has 0 unspecified atom stereocenters. The maximum Gasteiger partial charge on any atom is 0.174 e. The van der Waals surface area contributed by atoms with E-state index >= 15 is 0 Å². The number of hydrogen-bond donors (Lipinski definition) is 2. The number of anilines is 1. The molecular weight excluding hydrogens is 444 g/mol. The monoisotopic (exact) mass is 470 g/mol. The van der Waals surface area contributed by atoms with Crippen molar-refractivity contribution >= 4 is 23.0 Å². The van der Waals surface area contributed by atoms with Gasteiger partial charge in [0.15, 0.2) is 5.11 Å². The smallest absolute Gasteiger partial charge is 0.174 e. The van der Waals surface area contributed by atoms with Crippen LogP contribution in [0.1, 0.15) is 34.7 Å². The van der Waals surface area contributed by atoms with Crippen molar-refractivity contribution in [1.29, 1.82) is 0 Å². The maximum atomic E-state index is 9.75. The van der Waals surface area contributed by atoms with Crippen LogP contribution in [-0.2, 0) is 0 Å². The van der Waals surface area contributed by atoms with Gasteiger partial charge in [-0.05, 0) is 98.4 Å². The summed E-state index contributed by atoms with van der Waals surface area (Å²) in [5, 5.41) is 13.9. The second-order valence-electron chi connectivity index (χ2n) is 8.37. The lowest BCUT2D eigenvalue weighted by atomic mass is 9.96. The molecule has 1 saturated heterocycles. The average Bonchev–Trinajstić information content (AvgIpc) is 3.35. The first-order valence-corrected chi connectivity index (χ1v) is 11.5. The highest BCUT2D eigenvalue weighted by molar-refractivity contribution is 7.80. The molecule has 0 amide bonds. The van der Waals surface area contributed by atoms with Crippen molar-refractivity contribution in [2.75, 3.05) is 12.0 Å². The minimum Gasteiger partial charge on any atom is -0.508 e. The van der Waals surface area contributed by atoms with Crippen LogP contribution < -0.4 is 15.0 Å². The molecule has 0 spiro atoms. The summed E-state index contributed by atoms with van der Waals surface area (Å²) >= 11 is 5.85. The van der Waals surface area contributed by atoms with E-state index in [0.29, 0.717) is 5.11 Å². The van der Waals surface area contributed by atoms with Gasteiger partial charge in [-0.25, -0.2) is 0 Å². The Balaban J connectivity index is 1.66. The van der Waals surface area contributed by atoms with Gasteiger partial charge in [-0.3, -0.25) is 4.98 Å². The van der Waals surface area contributed by atoms with Crippen LogP contribution in [0, 0.1) is 13.8 Å². The summed E-state index contributed by atoms with van der Waals surface area (Å²) in [5.41, 5.74) is 6.28. The molecule has 1 aliphatic heterocycles. The van der Waals surface area contributed by atoms with Crippen LogP contribution in [0.2, 0.25) is 0 Å². The van der Waals surface area contributed by atoms with E-state index in [1.54, 1.807) is 19.2 Å². The molecule has 0 saturated carbocycles. The standard InChI is InChI=1S/C27H26N4O2S/c1-17-16-23(18(2)30(17)19-7-11-21(32)12-8-19)26-25(24-6-4-5-15-28-24)29-27(34)31(26)20-9-13-22(33-3)14-10-20/h4-16,25-26,32H,1-3H3,(H,29,34)/t25-,26+/m0/s1. The van der Waals surface area contributed by atoms with Crippen molar-refractivity contribution in [2.45, 2.75) is 25.9 Å². The first kappa shape index (κ1) is 22.0. The van der Waals surface area contributed by atoms with Crippen molar-refractivity contribution in [2.24, 2.45) is 0 Å². The molecule has 2 aromatic carbocycles. The van der Waals surface area contributed by atoms with Gasteiger partial charge >= 0.3 is 0 Å². The molecule has 6 nitrogen and oxygen atoms in total. The van der Waals surface area contributed by atoms with E-state index in [2.05, 4.69) is 39.7 Å². The highest BCUT2D eigenvalue weighted by Gasteiger charge is 2.42. The number of phenols is 1. The third-order valence-corrected chi connectivity index (χ3v) is 6.66. The van der Waals surface area contributed by atoms with E-state index in [4.69, 9.17) is 17.0 Å². The van der Waals surface area contributed by atoms with Crippen LogP contribution in [0.25, 0.3) is 5.69 Å². The first-order valence-electron chi connectivity index (χ1n) is 11.1. The average molecular weight is 471 g/mol. The fourth-order valence-electron chi connectivity index (χ4n) is 4.78. The number of aryl methyl sites for hydroxylation is 1. The zero-order valence-electron chi connectivity index (χ0n) is 19.3. The predicted octanol–water partition coefficient (Wildman–Crippen LogP) is 5.38. The number of thiocarbonyl (C=S) groups is 1. The van der Waals surface area contributed by atoms with Crippen LogP contribution in [-0.4, -0.2) is 26.9 Å². The van der Waals surface area contributed by atoms with E-state index in [-0.39, 0.29) is 17.8 Å². The van der Waals surface area contributed by atoms with E-state index in [0.717, 1.165) is 39.8 Å².